The Bertz CT molecular complexity index is 754. The van der Waals surface area contributed by atoms with Crippen LogP contribution >= 0.6 is 0 Å². The summed E-state index contributed by atoms with van der Waals surface area (Å²) >= 11 is 0. The highest BCUT2D eigenvalue weighted by molar-refractivity contribution is 5.79. The van der Waals surface area contributed by atoms with Crippen LogP contribution in [0.1, 0.15) is 43.9 Å². The molecule has 1 amide bonds. The Kier molecular flexibility index (Phi) is 4.42. The fourth-order valence-electron chi connectivity index (χ4n) is 3.57. The van der Waals surface area contributed by atoms with Crippen LogP contribution in [0.4, 0.5) is 0 Å². The van der Waals surface area contributed by atoms with Gasteiger partial charge in [0.25, 0.3) is 0 Å². The number of carbonyl (C=O) groups excluding carboxylic acids is 1. The van der Waals surface area contributed by atoms with E-state index in [0.29, 0.717) is 24.2 Å². The summed E-state index contributed by atoms with van der Waals surface area (Å²) in [6, 6.07) is 7.62. The molecule has 132 valence electrons. The minimum atomic E-state index is 0.129. The third kappa shape index (κ3) is 3.25. The Labute approximate surface area is 147 Å². The average molecular weight is 341 g/mol. The van der Waals surface area contributed by atoms with Gasteiger partial charge in [0.05, 0.1) is 13.0 Å². The second kappa shape index (κ2) is 6.86. The monoisotopic (exact) mass is 341 g/mol. The second-order valence-electron chi connectivity index (χ2n) is 6.94. The van der Waals surface area contributed by atoms with Gasteiger partial charge in [0.15, 0.2) is 0 Å². The van der Waals surface area contributed by atoms with E-state index in [1.165, 1.54) is 6.42 Å². The zero-order valence-corrected chi connectivity index (χ0v) is 14.5. The van der Waals surface area contributed by atoms with E-state index in [4.69, 9.17) is 9.26 Å². The maximum Gasteiger partial charge on any atom is 0.231 e. The zero-order valence-electron chi connectivity index (χ0n) is 14.5. The summed E-state index contributed by atoms with van der Waals surface area (Å²) < 4.78 is 10.8. The number of aromatic nitrogens is 2. The van der Waals surface area contributed by atoms with Crippen molar-refractivity contribution in [2.75, 3.05) is 20.2 Å². The topological polar surface area (TPSA) is 68.5 Å². The summed E-state index contributed by atoms with van der Waals surface area (Å²) in [5.41, 5.74) is 0.868. The number of ether oxygens (including phenoxy) is 1. The number of rotatable bonds is 4. The van der Waals surface area contributed by atoms with Gasteiger partial charge in [-0.15, -0.1) is 0 Å². The van der Waals surface area contributed by atoms with Crippen LogP contribution in [-0.4, -0.2) is 41.1 Å². The molecule has 2 aromatic rings. The normalized spacial score (nSPS) is 21.0. The predicted octanol–water partition coefficient (Wildman–Crippen LogP) is 3.25. The Hall–Kier alpha value is -2.37. The van der Waals surface area contributed by atoms with Gasteiger partial charge in [-0.1, -0.05) is 23.7 Å². The molecule has 6 heteroatoms. The SMILES string of the molecule is COc1cccc(-c2noc([C@H]3CCCN(C(=O)C4CCC4)C3)n2)c1. The number of benzene rings is 1. The van der Waals surface area contributed by atoms with Gasteiger partial charge in [-0.05, 0) is 37.8 Å². The molecule has 1 saturated carbocycles. The molecule has 0 radical (unpaired) electrons. The quantitative estimate of drug-likeness (QED) is 0.854. The van der Waals surface area contributed by atoms with E-state index >= 15 is 0 Å². The molecule has 1 aliphatic carbocycles. The molecule has 1 atom stereocenters. The molecule has 0 unspecified atom stereocenters. The number of carbonyl (C=O) groups is 1. The lowest BCUT2D eigenvalue weighted by atomic mass is 9.83. The molecule has 1 saturated heterocycles. The largest absolute Gasteiger partial charge is 0.497 e. The smallest absolute Gasteiger partial charge is 0.231 e. The van der Waals surface area contributed by atoms with Crippen molar-refractivity contribution in [1.29, 1.82) is 0 Å². The maximum absolute atomic E-state index is 12.5. The number of amides is 1. The summed E-state index contributed by atoms with van der Waals surface area (Å²) in [6.07, 6.45) is 5.23. The summed E-state index contributed by atoms with van der Waals surface area (Å²) in [6.45, 7) is 1.54. The van der Waals surface area contributed by atoms with E-state index in [0.717, 1.165) is 43.5 Å². The first-order chi connectivity index (χ1) is 12.2. The molecule has 0 spiro atoms. The number of hydrogen-bond donors (Lipinski definition) is 0. The number of nitrogens with zero attached hydrogens (tertiary/aromatic N) is 3. The van der Waals surface area contributed by atoms with Crippen LogP contribution in [0.5, 0.6) is 5.75 Å². The fourth-order valence-corrected chi connectivity index (χ4v) is 3.57. The molecule has 0 bridgehead atoms. The van der Waals surface area contributed by atoms with Crippen molar-refractivity contribution in [3.63, 3.8) is 0 Å². The highest BCUT2D eigenvalue weighted by Gasteiger charge is 2.34. The standard InChI is InChI=1S/C19H23N3O3/c1-24-16-9-3-7-14(11-16)17-20-18(25-21-17)15-8-4-10-22(12-15)19(23)13-5-2-6-13/h3,7,9,11,13,15H,2,4-6,8,10,12H2,1H3/t15-/m0/s1. The molecule has 0 N–H and O–H groups in total. The van der Waals surface area contributed by atoms with Gasteiger partial charge in [-0.2, -0.15) is 4.98 Å². The molecule has 1 aliphatic heterocycles. The lowest BCUT2D eigenvalue weighted by Crippen LogP contribution is -2.44. The number of piperidine rings is 1. The summed E-state index contributed by atoms with van der Waals surface area (Å²) in [7, 11) is 1.64. The van der Waals surface area contributed by atoms with E-state index in [1.54, 1.807) is 7.11 Å². The molecular weight excluding hydrogens is 318 g/mol. The van der Waals surface area contributed by atoms with E-state index in [-0.39, 0.29) is 11.8 Å². The van der Waals surface area contributed by atoms with Crippen molar-refractivity contribution in [3.8, 4) is 17.1 Å². The number of methoxy groups -OCH3 is 1. The van der Waals surface area contributed by atoms with Crippen molar-refractivity contribution < 1.29 is 14.1 Å². The Morgan fingerprint density at radius 3 is 2.92 bits per heavy atom. The average Bonchev–Trinajstić information content (AvgIpc) is 3.10. The third-order valence-corrected chi connectivity index (χ3v) is 5.31. The van der Waals surface area contributed by atoms with E-state index in [1.807, 2.05) is 29.2 Å². The first-order valence-corrected chi connectivity index (χ1v) is 9.01. The molecule has 25 heavy (non-hydrogen) atoms. The first-order valence-electron chi connectivity index (χ1n) is 9.01. The predicted molar refractivity (Wildman–Crippen MR) is 92.2 cm³/mol. The molecule has 2 aliphatic rings. The van der Waals surface area contributed by atoms with Crippen LogP contribution in [0.3, 0.4) is 0 Å². The molecule has 4 rings (SSSR count). The van der Waals surface area contributed by atoms with E-state index in [2.05, 4.69) is 10.1 Å². The first kappa shape index (κ1) is 16.1. The molecule has 6 nitrogen and oxygen atoms in total. The van der Waals surface area contributed by atoms with Crippen LogP contribution in [0.25, 0.3) is 11.4 Å². The van der Waals surface area contributed by atoms with Gasteiger partial charge >= 0.3 is 0 Å². The van der Waals surface area contributed by atoms with Crippen LogP contribution in [0.15, 0.2) is 28.8 Å². The van der Waals surface area contributed by atoms with Crippen molar-refractivity contribution in [2.24, 2.45) is 5.92 Å². The number of hydrogen-bond acceptors (Lipinski definition) is 5. The van der Waals surface area contributed by atoms with Crippen molar-refractivity contribution in [3.05, 3.63) is 30.2 Å². The molecular formula is C19H23N3O3. The minimum Gasteiger partial charge on any atom is -0.497 e. The van der Waals surface area contributed by atoms with Crippen molar-refractivity contribution in [2.45, 2.75) is 38.0 Å². The lowest BCUT2D eigenvalue weighted by Gasteiger charge is -2.36. The third-order valence-electron chi connectivity index (χ3n) is 5.31. The minimum absolute atomic E-state index is 0.129. The second-order valence-corrected chi connectivity index (χ2v) is 6.94. The van der Waals surface area contributed by atoms with Crippen LogP contribution in [0.2, 0.25) is 0 Å². The van der Waals surface area contributed by atoms with Crippen molar-refractivity contribution >= 4 is 5.91 Å². The maximum atomic E-state index is 12.5. The Morgan fingerprint density at radius 1 is 1.28 bits per heavy atom. The zero-order chi connectivity index (χ0) is 17.2. The summed E-state index contributed by atoms with van der Waals surface area (Å²) in [5.74, 6) is 2.64. The summed E-state index contributed by atoms with van der Waals surface area (Å²) in [4.78, 5) is 19.1. The lowest BCUT2D eigenvalue weighted by molar-refractivity contribution is -0.139. The fraction of sp³-hybridized carbons (Fsp3) is 0.526. The molecule has 2 heterocycles. The van der Waals surface area contributed by atoms with Gasteiger partial charge in [-0.3, -0.25) is 4.79 Å². The van der Waals surface area contributed by atoms with Crippen LogP contribution < -0.4 is 4.74 Å². The van der Waals surface area contributed by atoms with Gasteiger partial charge in [0, 0.05) is 24.6 Å². The Morgan fingerprint density at radius 2 is 2.16 bits per heavy atom. The van der Waals surface area contributed by atoms with Crippen LogP contribution in [0, 0.1) is 5.92 Å². The highest BCUT2D eigenvalue weighted by Crippen LogP contribution is 2.33. The molecule has 1 aromatic heterocycles. The molecule has 2 fully saturated rings. The Balaban J connectivity index is 1.48. The van der Waals surface area contributed by atoms with Gasteiger partial charge in [0.2, 0.25) is 17.6 Å². The van der Waals surface area contributed by atoms with Crippen LogP contribution in [-0.2, 0) is 4.79 Å². The highest BCUT2D eigenvalue weighted by atomic mass is 16.5. The summed E-state index contributed by atoms with van der Waals surface area (Å²) in [5, 5.41) is 4.12. The number of likely N-dealkylation sites (tertiary alicyclic amines) is 1. The molecule has 1 aromatic carbocycles. The van der Waals surface area contributed by atoms with E-state index in [9.17, 15) is 4.79 Å². The van der Waals surface area contributed by atoms with Gasteiger partial charge in [-0.25, -0.2) is 0 Å². The van der Waals surface area contributed by atoms with Gasteiger partial charge < -0.3 is 14.2 Å². The van der Waals surface area contributed by atoms with Crippen molar-refractivity contribution in [1.82, 2.24) is 15.0 Å². The van der Waals surface area contributed by atoms with Gasteiger partial charge in [0.1, 0.15) is 5.75 Å². The van der Waals surface area contributed by atoms with E-state index < -0.39 is 0 Å².